The third-order valence-corrected chi connectivity index (χ3v) is 3.63. The molecular formula is C12H6FNO3S. The molecule has 0 aliphatic heterocycles. The van der Waals surface area contributed by atoms with E-state index in [1.807, 2.05) is 0 Å². The first-order valence-electron chi connectivity index (χ1n) is 5.03. The molecule has 0 radical (unpaired) electrons. The maximum Gasteiger partial charge on any atom is 0.341 e. The topological polar surface area (TPSA) is 63.3 Å². The number of halogens is 1. The molecule has 90 valence electrons. The molecule has 0 fully saturated rings. The van der Waals surface area contributed by atoms with Gasteiger partial charge in [0, 0.05) is 10.1 Å². The summed E-state index contributed by atoms with van der Waals surface area (Å²) in [7, 11) is 0. The summed E-state index contributed by atoms with van der Waals surface area (Å²) in [6, 6.07) is 6.31. The fourth-order valence-electron chi connectivity index (χ4n) is 1.71. The van der Waals surface area contributed by atoms with E-state index in [9.17, 15) is 9.18 Å². The van der Waals surface area contributed by atoms with E-state index in [2.05, 4.69) is 5.16 Å². The van der Waals surface area contributed by atoms with Crippen LogP contribution in [0.2, 0.25) is 0 Å². The minimum absolute atomic E-state index is 0.0260. The van der Waals surface area contributed by atoms with Gasteiger partial charge in [0.15, 0.2) is 5.76 Å². The lowest BCUT2D eigenvalue weighted by Crippen LogP contribution is -1.94. The Hall–Kier alpha value is -2.21. The van der Waals surface area contributed by atoms with Crippen LogP contribution in [-0.4, -0.2) is 16.2 Å². The lowest BCUT2D eigenvalue weighted by molar-refractivity contribution is 0.0697. The van der Waals surface area contributed by atoms with Crippen molar-refractivity contribution in [1.29, 1.82) is 0 Å². The molecule has 0 amide bonds. The summed E-state index contributed by atoms with van der Waals surface area (Å²) in [5.41, 5.74) is -0.0260. The highest BCUT2D eigenvalue weighted by molar-refractivity contribution is 7.22. The number of hydrogen-bond acceptors (Lipinski definition) is 4. The summed E-state index contributed by atoms with van der Waals surface area (Å²) in [4.78, 5) is 11.5. The maximum atomic E-state index is 13.5. The number of fused-ring (bicyclic) bond motifs is 1. The zero-order valence-electron chi connectivity index (χ0n) is 8.88. The van der Waals surface area contributed by atoms with Crippen LogP contribution in [0.5, 0.6) is 0 Å². The summed E-state index contributed by atoms with van der Waals surface area (Å²) in [6.07, 6.45) is 1.14. The Labute approximate surface area is 104 Å². The average molecular weight is 263 g/mol. The van der Waals surface area contributed by atoms with Gasteiger partial charge in [0.05, 0.1) is 11.1 Å². The number of rotatable bonds is 2. The molecule has 0 saturated carbocycles. The first-order valence-corrected chi connectivity index (χ1v) is 5.85. The number of aromatic carboxylic acids is 1. The quantitative estimate of drug-likeness (QED) is 0.769. The van der Waals surface area contributed by atoms with Crippen LogP contribution in [0.3, 0.4) is 0 Å². The van der Waals surface area contributed by atoms with Crippen molar-refractivity contribution in [3.63, 3.8) is 0 Å². The second kappa shape index (κ2) is 3.92. The molecule has 0 unspecified atom stereocenters. The second-order valence-electron chi connectivity index (χ2n) is 3.64. The van der Waals surface area contributed by atoms with Crippen molar-refractivity contribution in [3.8, 4) is 10.6 Å². The largest absolute Gasteiger partial charge is 0.477 e. The number of benzene rings is 1. The predicted molar refractivity (Wildman–Crippen MR) is 64.2 cm³/mol. The van der Waals surface area contributed by atoms with E-state index in [0.29, 0.717) is 10.3 Å². The minimum atomic E-state index is -1.12. The fourth-order valence-corrected chi connectivity index (χ4v) is 2.77. The Kier molecular flexibility index (Phi) is 2.38. The van der Waals surface area contributed by atoms with Gasteiger partial charge in [0.25, 0.3) is 0 Å². The standard InChI is InChI=1S/C12H6FNO3S/c13-8-2-1-3-9-6(8)4-10(18-9)11-7(12(15)16)5-14-17-11/h1-5H,(H,15,16). The number of carboxylic acid groups (broad SMARTS) is 1. The van der Waals surface area contributed by atoms with Gasteiger partial charge in [0.1, 0.15) is 11.4 Å². The van der Waals surface area contributed by atoms with Crippen LogP contribution in [0.25, 0.3) is 20.7 Å². The molecule has 0 saturated heterocycles. The molecular weight excluding hydrogens is 257 g/mol. The van der Waals surface area contributed by atoms with E-state index in [-0.39, 0.29) is 17.1 Å². The molecule has 2 aromatic heterocycles. The van der Waals surface area contributed by atoms with Crippen LogP contribution >= 0.6 is 11.3 Å². The summed E-state index contributed by atoms with van der Waals surface area (Å²) in [5.74, 6) is -1.31. The number of hydrogen-bond donors (Lipinski definition) is 1. The highest BCUT2D eigenvalue weighted by Crippen LogP contribution is 2.36. The molecule has 3 rings (SSSR count). The number of aromatic nitrogens is 1. The van der Waals surface area contributed by atoms with Crippen molar-refractivity contribution in [3.05, 3.63) is 41.8 Å². The summed E-state index contributed by atoms with van der Waals surface area (Å²) in [5, 5.41) is 12.9. The summed E-state index contributed by atoms with van der Waals surface area (Å²) in [6.45, 7) is 0. The summed E-state index contributed by atoms with van der Waals surface area (Å²) < 4.78 is 19.2. The molecule has 0 bridgehead atoms. The van der Waals surface area contributed by atoms with E-state index < -0.39 is 5.97 Å². The highest BCUT2D eigenvalue weighted by Gasteiger charge is 2.19. The van der Waals surface area contributed by atoms with Gasteiger partial charge in [-0.1, -0.05) is 11.2 Å². The van der Waals surface area contributed by atoms with Gasteiger partial charge in [-0.25, -0.2) is 9.18 Å². The molecule has 1 aromatic carbocycles. The van der Waals surface area contributed by atoms with Gasteiger partial charge in [-0.3, -0.25) is 0 Å². The Bertz CT molecular complexity index is 747. The Morgan fingerprint density at radius 1 is 1.44 bits per heavy atom. The van der Waals surface area contributed by atoms with Gasteiger partial charge >= 0.3 is 5.97 Å². The fraction of sp³-hybridized carbons (Fsp3) is 0. The molecule has 0 aliphatic rings. The highest BCUT2D eigenvalue weighted by atomic mass is 32.1. The van der Waals surface area contributed by atoms with Crippen molar-refractivity contribution in [2.75, 3.05) is 0 Å². The van der Waals surface area contributed by atoms with Crippen LogP contribution in [0, 0.1) is 5.82 Å². The first-order chi connectivity index (χ1) is 8.66. The van der Waals surface area contributed by atoms with Crippen LogP contribution in [0.1, 0.15) is 10.4 Å². The van der Waals surface area contributed by atoms with Gasteiger partial charge in [-0.05, 0) is 18.2 Å². The van der Waals surface area contributed by atoms with Crippen LogP contribution in [-0.2, 0) is 0 Å². The lowest BCUT2D eigenvalue weighted by atomic mass is 10.2. The third kappa shape index (κ3) is 1.58. The van der Waals surface area contributed by atoms with Gasteiger partial charge < -0.3 is 9.63 Å². The van der Waals surface area contributed by atoms with Gasteiger partial charge in [-0.15, -0.1) is 11.3 Å². The van der Waals surface area contributed by atoms with Crippen molar-refractivity contribution in [2.24, 2.45) is 0 Å². The monoisotopic (exact) mass is 263 g/mol. The molecule has 6 heteroatoms. The van der Waals surface area contributed by atoms with Crippen molar-refractivity contribution in [2.45, 2.75) is 0 Å². The van der Waals surface area contributed by atoms with Crippen LogP contribution < -0.4 is 0 Å². The van der Waals surface area contributed by atoms with Crippen molar-refractivity contribution in [1.82, 2.24) is 5.16 Å². The van der Waals surface area contributed by atoms with Crippen LogP contribution in [0.4, 0.5) is 4.39 Å². The number of carbonyl (C=O) groups is 1. The molecule has 0 aliphatic carbocycles. The van der Waals surface area contributed by atoms with E-state index >= 15 is 0 Å². The number of thiophene rings is 1. The molecule has 3 aromatic rings. The average Bonchev–Trinajstić information content (AvgIpc) is 2.95. The molecule has 4 nitrogen and oxygen atoms in total. The first kappa shape index (κ1) is 10.9. The zero-order chi connectivity index (χ0) is 12.7. The third-order valence-electron chi connectivity index (χ3n) is 2.53. The second-order valence-corrected chi connectivity index (χ2v) is 4.72. The zero-order valence-corrected chi connectivity index (χ0v) is 9.70. The van der Waals surface area contributed by atoms with Crippen LogP contribution in [0.15, 0.2) is 35.0 Å². The smallest absolute Gasteiger partial charge is 0.341 e. The Balaban J connectivity index is 2.23. The molecule has 0 spiro atoms. The van der Waals surface area contributed by atoms with E-state index in [4.69, 9.17) is 9.63 Å². The molecule has 2 heterocycles. The van der Waals surface area contributed by atoms with E-state index in [1.165, 1.54) is 17.4 Å². The maximum absolute atomic E-state index is 13.5. The Morgan fingerprint density at radius 2 is 2.28 bits per heavy atom. The van der Waals surface area contributed by atoms with Gasteiger partial charge in [0.2, 0.25) is 0 Å². The van der Waals surface area contributed by atoms with E-state index in [1.54, 1.807) is 18.2 Å². The SMILES string of the molecule is O=C(O)c1cnoc1-c1cc2c(F)cccc2s1. The number of nitrogens with zero attached hydrogens (tertiary/aromatic N) is 1. The van der Waals surface area contributed by atoms with Crippen molar-refractivity contribution >= 4 is 27.4 Å². The van der Waals surface area contributed by atoms with E-state index in [0.717, 1.165) is 10.9 Å². The predicted octanol–water partition coefficient (Wildman–Crippen LogP) is 3.39. The van der Waals surface area contributed by atoms with Crippen molar-refractivity contribution < 1.29 is 18.8 Å². The normalized spacial score (nSPS) is 10.9. The van der Waals surface area contributed by atoms with Gasteiger partial charge in [-0.2, -0.15) is 0 Å². The molecule has 18 heavy (non-hydrogen) atoms. The minimum Gasteiger partial charge on any atom is -0.477 e. The summed E-state index contributed by atoms with van der Waals surface area (Å²) >= 11 is 1.26. The number of carboxylic acids is 1. The lowest BCUT2D eigenvalue weighted by Gasteiger charge is -1.90. The molecule has 0 atom stereocenters. The molecule has 1 N–H and O–H groups in total. The Morgan fingerprint density at radius 3 is 3.00 bits per heavy atom.